The van der Waals surface area contributed by atoms with Crippen molar-refractivity contribution in [2.75, 3.05) is 49.2 Å². The van der Waals surface area contributed by atoms with Crippen molar-refractivity contribution in [1.82, 2.24) is 25.3 Å². The number of anilines is 2. The van der Waals surface area contributed by atoms with Crippen molar-refractivity contribution in [2.24, 2.45) is 0 Å². The molecule has 9 nitrogen and oxygen atoms in total. The Morgan fingerprint density at radius 2 is 1.75 bits per heavy atom. The molecule has 148 valence electrons. The number of morpholine rings is 1. The molecule has 2 saturated heterocycles. The van der Waals surface area contributed by atoms with Gasteiger partial charge >= 0.3 is 0 Å². The topological polar surface area (TPSA) is 96.4 Å². The monoisotopic (exact) mass is 387 g/mol. The number of rotatable bonds is 5. The maximum atomic E-state index is 13.8. The number of carbonyl (C=O) groups excluding carboxylic acids is 1. The molecule has 0 bridgehead atoms. The van der Waals surface area contributed by atoms with Crippen molar-refractivity contribution < 1.29 is 13.9 Å². The fraction of sp³-hybridized carbons (Fsp3) is 0.500. The molecule has 1 amide bonds. The standard InChI is InChI=1S/C18H22FN7O2/c19-14-11-20-4-3-13(14)16(27)21-12-15-22-17(25-5-1-2-6-25)24-18(23-15)26-7-9-28-10-8-26/h3-4,11H,1-2,5-10,12H2,(H,21,27). The number of aromatic nitrogens is 4. The molecule has 0 aliphatic carbocycles. The number of amides is 1. The molecular weight excluding hydrogens is 365 g/mol. The van der Waals surface area contributed by atoms with Crippen LogP contribution in [0.15, 0.2) is 18.5 Å². The van der Waals surface area contributed by atoms with Crippen molar-refractivity contribution in [2.45, 2.75) is 19.4 Å². The van der Waals surface area contributed by atoms with Gasteiger partial charge in [-0.2, -0.15) is 15.0 Å². The first-order valence-corrected chi connectivity index (χ1v) is 9.41. The Morgan fingerprint density at radius 1 is 1.07 bits per heavy atom. The van der Waals surface area contributed by atoms with Crippen LogP contribution in [-0.2, 0) is 11.3 Å². The third kappa shape index (κ3) is 4.16. The summed E-state index contributed by atoms with van der Waals surface area (Å²) in [7, 11) is 0. The van der Waals surface area contributed by atoms with Crippen molar-refractivity contribution in [3.05, 3.63) is 35.7 Å². The van der Waals surface area contributed by atoms with Crippen LogP contribution in [0.3, 0.4) is 0 Å². The van der Waals surface area contributed by atoms with Gasteiger partial charge < -0.3 is 19.9 Å². The number of pyridine rings is 1. The van der Waals surface area contributed by atoms with Gasteiger partial charge in [0.2, 0.25) is 11.9 Å². The normalized spacial score (nSPS) is 17.0. The second kappa shape index (κ2) is 8.42. The van der Waals surface area contributed by atoms with Crippen LogP contribution in [0.5, 0.6) is 0 Å². The van der Waals surface area contributed by atoms with E-state index in [2.05, 4.69) is 35.1 Å². The van der Waals surface area contributed by atoms with E-state index in [0.717, 1.165) is 32.1 Å². The lowest BCUT2D eigenvalue weighted by molar-refractivity contribution is 0.0945. The lowest BCUT2D eigenvalue weighted by Crippen LogP contribution is -2.38. The summed E-state index contributed by atoms with van der Waals surface area (Å²) in [6.07, 6.45) is 4.60. The summed E-state index contributed by atoms with van der Waals surface area (Å²) in [5.74, 6) is 0.451. The lowest BCUT2D eigenvalue weighted by atomic mass is 10.2. The highest BCUT2D eigenvalue weighted by Gasteiger charge is 2.21. The van der Waals surface area contributed by atoms with E-state index in [-0.39, 0.29) is 12.1 Å². The predicted octanol–water partition coefficient (Wildman–Crippen LogP) is 0.773. The minimum atomic E-state index is -0.664. The predicted molar refractivity (Wildman–Crippen MR) is 99.7 cm³/mol. The van der Waals surface area contributed by atoms with Crippen LogP contribution < -0.4 is 15.1 Å². The number of nitrogens with one attached hydrogen (secondary N) is 1. The largest absolute Gasteiger partial charge is 0.378 e. The molecule has 2 aromatic rings. The molecule has 0 spiro atoms. The first-order chi connectivity index (χ1) is 13.7. The molecule has 0 aromatic carbocycles. The van der Waals surface area contributed by atoms with Gasteiger partial charge in [-0.05, 0) is 18.9 Å². The van der Waals surface area contributed by atoms with Gasteiger partial charge in [0.1, 0.15) is 0 Å². The average molecular weight is 387 g/mol. The van der Waals surface area contributed by atoms with E-state index in [1.54, 1.807) is 0 Å². The van der Waals surface area contributed by atoms with E-state index in [9.17, 15) is 9.18 Å². The Morgan fingerprint density at radius 3 is 2.43 bits per heavy atom. The van der Waals surface area contributed by atoms with Gasteiger partial charge in [0.05, 0.1) is 31.5 Å². The van der Waals surface area contributed by atoms with E-state index >= 15 is 0 Å². The molecule has 4 rings (SSSR count). The second-order valence-corrected chi connectivity index (χ2v) is 6.68. The minimum absolute atomic E-state index is 0.0581. The van der Waals surface area contributed by atoms with Crippen molar-refractivity contribution >= 4 is 17.8 Å². The summed E-state index contributed by atoms with van der Waals surface area (Å²) in [5.41, 5.74) is -0.0581. The second-order valence-electron chi connectivity index (χ2n) is 6.68. The molecule has 2 aliphatic rings. The molecule has 2 aliphatic heterocycles. The molecule has 0 unspecified atom stereocenters. The first kappa shape index (κ1) is 18.5. The van der Waals surface area contributed by atoms with Crippen molar-refractivity contribution in [3.63, 3.8) is 0 Å². The number of hydrogen-bond acceptors (Lipinski definition) is 8. The third-order valence-electron chi connectivity index (χ3n) is 4.77. The van der Waals surface area contributed by atoms with E-state index in [1.807, 2.05) is 0 Å². The highest BCUT2D eigenvalue weighted by Crippen LogP contribution is 2.19. The van der Waals surface area contributed by atoms with Crippen LogP contribution in [0.4, 0.5) is 16.3 Å². The number of ether oxygens (including phenoxy) is 1. The van der Waals surface area contributed by atoms with Gasteiger partial charge in [-0.1, -0.05) is 0 Å². The van der Waals surface area contributed by atoms with Gasteiger partial charge in [-0.15, -0.1) is 0 Å². The molecule has 2 aromatic heterocycles. The van der Waals surface area contributed by atoms with Gasteiger partial charge in [0.25, 0.3) is 5.91 Å². The Hall–Kier alpha value is -2.88. The highest BCUT2D eigenvalue weighted by molar-refractivity contribution is 5.94. The minimum Gasteiger partial charge on any atom is -0.378 e. The summed E-state index contributed by atoms with van der Waals surface area (Å²) in [6.45, 7) is 4.55. The summed E-state index contributed by atoms with van der Waals surface area (Å²) in [6, 6.07) is 1.34. The molecule has 10 heteroatoms. The Kier molecular flexibility index (Phi) is 5.56. The Labute approximate surface area is 162 Å². The van der Waals surface area contributed by atoms with Crippen LogP contribution in [0, 0.1) is 5.82 Å². The van der Waals surface area contributed by atoms with E-state index in [1.165, 1.54) is 12.3 Å². The molecule has 0 saturated carbocycles. The Balaban J connectivity index is 1.54. The zero-order chi connectivity index (χ0) is 19.3. The quantitative estimate of drug-likeness (QED) is 0.804. The van der Waals surface area contributed by atoms with E-state index < -0.39 is 11.7 Å². The van der Waals surface area contributed by atoms with Gasteiger partial charge in [-0.25, -0.2) is 4.39 Å². The molecule has 1 N–H and O–H groups in total. The SMILES string of the molecule is O=C(NCc1nc(N2CCCC2)nc(N2CCOCC2)n1)c1ccncc1F. The molecule has 0 radical (unpaired) electrons. The molecule has 4 heterocycles. The fourth-order valence-electron chi connectivity index (χ4n) is 3.25. The van der Waals surface area contributed by atoms with Crippen molar-refractivity contribution in [3.8, 4) is 0 Å². The number of hydrogen-bond donors (Lipinski definition) is 1. The van der Waals surface area contributed by atoms with E-state index in [0.29, 0.717) is 44.0 Å². The van der Waals surface area contributed by atoms with Crippen molar-refractivity contribution in [1.29, 1.82) is 0 Å². The summed E-state index contributed by atoms with van der Waals surface area (Å²) >= 11 is 0. The summed E-state index contributed by atoms with van der Waals surface area (Å²) in [4.78, 5) is 33.8. The molecule has 28 heavy (non-hydrogen) atoms. The van der Waals surface area contributed by atoms with Crippen LogP contribution in [0.1, 0.15) is 29.0 Å². The lowest BCUT2D eigenvalue weighted by Gasteiger charge is -2.28. The van der Waals surface area contributed by atoms with E-state index in [4.69, 9.17) is 4.74 Å². The van der Waals surface area contributed by atoms with Crippen LogP contribution in [0.2, 0.25) is 0 Å². The molecule has 2 fully saturated rings. The fourth-order valence-corrected chi connectivity index (χ4v) is 3.25. The van der Waals surface area contributed by atoms with Gasteiger partial charge in [-0.3, -0.25) is 9.78 Å². The smallest absolute Gasteiger partial charge is 0.254 e. The maximum Gasteiger partial charge on any atom is 0.254 e. The average Bonchev–Trinajstić information content (AvgIpc) is 3.28. The summed E-state index contributed by atoms with van der Waals surface area (Å²) < 4.78 is 19.2. The number of carbonyl (C=O) groups is 1. The Bertz CT molecular complexity index is 838. The zero-order valence-electron chi connectivity index (χ0n) is 15.5. The van der Waals surface area contributed by atoms with Gasteiger partial charge in [0.15, 0.2) is 11.6 Å². The number of halogens is 1. The molecule has 0 atom stereocenters. The van der Waals surface area contributed by atoms with Crippen LogP contribution in [0.25, 0.3) is 0 Å². The zero-order valence-corrected chi connectivity index (χ0v) is 15.5. The third-order valence-corrected chi connectivity index (χ3v) is 4.77. The van der Waals surface area contributed by atoms with Crippen LogP contribution >= 0.6 is 0 Å². The van der Waals surface area contributed by atoms with Crippen LogP contribution in [-0.4, -0.2) is 65.2 Å². The summed E-state index contributed by atoms with van der Waals surface area (Å²) in [5, 5.41) is 2.68. The first-order valence-electron chi connectivity index (χ1n) is 9.41. The molecular formula is C18H22FN7O2. The highest BCUT2D eigenvalue weighted by atomic mass is 19.1. The van der Waals surface area contributed by atoms with Gasteiger partial charge in [0, 0.05) is 32.4 Å². The number of nitrogens with zero attached hydrogens (tertiary/aromatic N) is 6. The maximum absolute atomic E-state index is 13.8.